The number of carbonyl (C=O) groups excluding carboxylic acids is 3. The first-order valence-corrected chi connectivity index (χ1v) is 18.4. The lowest BCUT2D eigenvalue weighted by Gasteiger charge is -2.49. The number of piperazine rings is 2. The van der Waals surface area contributed by atoms with Crippen LogP contribution >= 0.6 is 23.2 Å². The van der Waals surface area contributed by atoms with E-state index in [0.717, 1.165) is 17.7 Å². The maximum Gasteiger partial charge on any atom is 0.260 e. The third-order valence-corrected chi connectivity index (χ3v) is 10.3. The van der Waals surface area contributed by atoms with Gasteiger partial charge in [0.1, 0.15) is 23.3 Å². The standard InChI is InChI=1S/C23H25ClFN3O4.C15H18ClFN2O2/c1-15(29)26-21-8-17(24)4-7-22(21)32-14-23(30)27-10-19-12-31-13-20(11-27)28(19)9-16-2-5-18(25)6-3-16;16-5-15(20)18-7-13-9-21-10-14(8-18)19(13)6-11-1-3-12(17)4-2-11/h2-8,19-20H,9-14H2,1H3,(H,26,29);1-4,13-14H,5-10H2. The molecule has 53 heavy (non-hydrogen) atoms. The van der Waals surface area contributed by atoms with E-state index in [2.05, 4.69) is 15.1 Å². The van der Waals surface area contributed by atoms with Crippen LogP contribution in [0.2, 0.25) is 5.02 Å². The number of morpholine rings is 2. The molecule has 1 N–H and O–H groups in total. The Morgan fingerprint density at radius 1 is 0.736 bits per heavy atom. The van der Waals surface area contributed by atoms with Gasteiger partial charge in [0.25, 0.3) is 5.91 Å². The van der Waals surface area contributed by atoms with Crippen LogP contribution in [0.4, 0.5) is 14.5 Å². The number of carbonyl (C=O) groups is 3. The van der Waals surface area contributed by atoms with E-state index in [9.17, 15) is 23.2 Å². The molecule has 0 aromatic heterocycles. The molecule has 3 aromatic carbocycles. The number of ether oxygens (including phenoxy) is 3. The van der Waals surface area contributed by atoms with Crippen LogP contribution in [0.5, 0.6) is 5.75 Å². The third-order valence-electron chi connectivity index (χ3n) is 9.82. The molecule has 0 spiro atoms. The zero-order chi connectivity index (χ0) is 37.5. The highest BCUT2D eigenvalue weighted by Crippen LogP contribution is 2.29. The molecule has 4 atom stereocenters. The van der Waals surface area contributed by atoms with Gasteiger partial charge in [-0.15, -0.1) is 11.6 Å². The van der Waals surface area contributed by atoms with Crippen molar-refractivity contribution in [2.24, 2.45) is 0 Å². The van der Waals surface area contributed by atoms with Crippen molar-refractivity contribution in [1.82, 2.24) is 19.6 Å². The Kier molecular flexibility index (Phi) is 13.2. The van der Waals surface area contributed by atoms with Gasteiger partial charge in [0, 0.05) is 51.2 Å². The highest BCUT2D eigenvalue weighted by Gasteiger charge is 2.40. The SMILES string of the molecule is CC(=O)Nc1cc(Cl)ccc1OCC(=O)N1CC2COCC(C1)N2Cc1ccc(F)cc1.O=C(CCl)N1CC2COCC(C1)N2Cc1ccc(F)cc1. The summed E-state index contributed by atoms with van der Waals surface area (Å²) in [6.45, 7) is 7.31. The van der Waals surface area contributed by atoms with Crippen LogP contribution in [-0.2, 0) is 36.9 Å². The number of hydrogen-bond acceptors (Lipinski definition) is 8. The first kappa shape index (κ1) is 38.9. The van der Waals surface area contributed by atoms with Gasteiger partial charge in [0.05, 0.1) is 56.3 Å². The number of hydrogen-bond donors (Lipinski definition) is 1. The summed E-state index contributed by atoms with van der Waals surface area (Å²) in [7, 11) is 0. The van der Waals surface area contributed by atoms with Gasteiger partial charge in [-0.2, -0.15) is 0 Å². The number of alkyl halides is 1. The summed E-state index contributed by atoms with van der Waals surface area (Å²) in [6, 6.07) is 18.4. The summed E-state index contributed by atoms with van der Waals surface area (Å²) in [5.41, 5.74) is 2.53. The zero-order valence-electron chi connectivity index (χ0n) is 29.4. The average molecular weight is 775 g/mol. The monoisotopic (exact) mass is 773 g/mol. The fraction of sp³-hybridized carbons (Fsp3) is 0.447. The summed E-state index contributed by atoms with van der Waals surface area (Å²) < 4.78 is 43.3. The van der Waals surface area contributed by atoms with Crippen molar-refractivity contribution in [2.45, 2.75) is 44.2 Å². The Bertz CT molecular complexity index is 1710. The molecule has 3 aromatic rings. The van der Waals surface area contributed by atoms with Crippen LogP contribution in [0, 0.1) is 11.6 Å². The van der Waals surface area contributed by atoms with Crippen molar-refractivity contribution in [3.63, 3.8) is 0 Å². The van der Waals surface area contributed by atoms with Crippen LogP contribution in [-0.4, -0.2) is 127 Å². The fourth-order valence-corrected chi connectivity index (χ4v) is 7.55. The fourth-order valence-electron chi connectivity index (χ4n) is 7.21. The quantitative estimate of drug-likeness (QED) is 0.320. The van der Waals surface area contributed by atoms with E-state index in [1.54, 1.807) is 35.2 Å². The molecule has 4 fully saturated rings. The first-order chi connectivity index (χ1) is 25.6. The maximum absolute atomic E-state index is 13.2. The van der Waals surface area contributed by atoms with Crippen molar-refractivity contribution in [2.75, 3.05) is 70.4 Å². The summed E-state index contributed by atoms with van der Waals surface area (Å²) in [5, 5.41) is 3.12. The molecule has 4 heterocycles. The van der Waals surface area contributed by atoms with E-state index in [1.807, 2.05) is 17.0 Å². The van der Waals surface area contributed by atoms with Crippen molar-refractivity contribution in [1.29, 1.82) is 0 Å². The minimum Gasteiger partial charge on any atom is -0.482 e. The first-order valence-electron chi connectivity index (χ1n) is 17.5. The zero-order valence-corrected chi connectivity index (χ0v) is 30.9. The van der Waals surface area contributed by atoms with E-state index in [0.29, 0.717) is 75.6 Å². The van der Waals surface area contributed by atoms with Crippen molar-refractivity contribution in [3.8, 4) is 5.75 Å². The Balaban J connectivity index is 0.000000198. The number of halogens is 4. The van der Waals surface area contributed by atoms with E-state index < -0.39 is 0 Å². The molecule has 4 aliphatic heterocycles. The summed E-state index contributed by atoms with van der Waals surface area (Å²) in [6.07, 6.45) is 0. The van der Waals surface area contributed by atoms with Crippen molar-refractivity contribution in [3.05, 3.63) is 94.5 Å². The third kappa shape index (κ3) is 10.2. The molecule has 4 bridgehead atoms. The average Bonchev–Trinajstić information content (AvgIpc) is 3.12. The number of nitrogens with one attached hydrogen (secondary N) is 1. The lowest BCUT2D eigenvalue weighted by molar-refractivity contribution is -0.148. The van der Waals surface area contributed by atoms with E-state index >= 15 is 0 Å². The number of rotatable bonds is 9. The number of nitrogens with zero attached hydrogens (tertiary/aromatic N) is 4. The molecule has 0 radical (unpaired) electrons. The van der Waals surface area contributed by atoms with Gasteiger partial charge < -0.3 is 29.3 Å². The molecule has 0 aliphatic carbocycles. The molecular formula is C38H43Cl2F2N5O6. The van der Waals surface area contributed by atoms with Gasteiger partial charge in [0.15, 0.2) is 6.61 Å². The Morgan fingerprint density at radius 3 is 1.62 bits per heavy atom. The Labute approximate surface area is 317 Å². The van der Waals surface area contributed by atoms with E-state index in [-0.39, 0.29) is 66.0 Å². The molecular weight excluding hydrogens is 731 g/mol. The molecule has 15 heteroatoms. The summed E-state index contributed by atoms with van der Waals surface area (Å²) >= 11 is 11.7. The highest BCUT2D eigenvalue weighted by molar-refractivity contribution is 6.31. The number of anilines is 1. The number of fused-ring (bicyclic) bond motifs is 4. The maximum atomic E-state index is 13.2. The molecule has 3 amide bonds. The second-order valence-corrected chi connectivity index (χ2v) is 14.3. The van der Waals surface area contributed by atoms with Gasteiger partial charge in [-0.3, -0.25) is 24.2 Å². The molecule has 284 valence electrons. The van der Waals surface area contributed by atoms with Crippen LogP contribution in [0.15, 0.2) is 66.7 Å². The van der Waals surface area contributed by atoms with Gasteiger partial charge in [0.2, 0.25) is 11.8 Å². The Morgan fingerprint density at radius 2 is 1.19 bits per heavy atom. The van der Waals surface area contributed by atoms with Crippen molar-refractivity contribution >= 4 is 46.6 Å². The van der Waals surface area contributed by atoms with Crippen LogP contribution in [0.25, 0.3) is 0 Å². The normalized spacial score (nSPS) is 22.7. The van der Waals surface area contributed by atoms with Gasteiger partial charge in [-0.25, -0.2) is 8.78 Å². The second kappa shape index (κ2) is 18.0. The summed E-state index contributed by atoms with van der Waals surface area (Å²) in [5.74, 6) is -0.472. The molecule has 7 rings (SSSR count). The van der Waals surface area contributed by atoms with Gasteiger partial charge in [-0.05, 0) is 53.6 Å². The van der Waals surface area contributed by atoms with Gasteiger partial charge >= 0.3 is 0 Å². The molecule has 4 saturated heterocycles. The van der Waals surface area contributed by atoms with E-state index in [4.69, 9.17) is 37.4 Å². The minimum absolute atomic E-state index is 0.0185. The van der Waals surface area contributed by atoms with Crippen LogP contribution < -0.4 is 10.1 Å². The summed E-state index contributed by atoms with van der Waals surface area (Å²) in [4.78, 5) is 44.4. The second-order valence-electron chi connectivity index (χ2n) is 13.6. The largest absolute Gasteiger partial charge is 0.482 e. The predicted molar refractivity (Wildman–Crippen MR) is 196 cm³/mol. The topological polar surface area (TPSA) is 104 Å². The number of benzene rings is 3. The predicted octanol–water partition coefficient (Wildman–Crippen LogP) is 4.40. The molecule has 11 nitrogen and oxygen atoms in total. The van der Waals surface area contributed by atoms with Crippen molar-refractivity contribution < 1.29 is 37.4 Å². The molecule has 4 unspecified atom stereocenters. The smallest absolute Gasteiger partial charge is 0.260 e. The Hall–Kier alpha value is -3.85. The van der Waals surface area contributed by atoms with E-state index in [1.165, 1.54) is 31.2 Å². The highest BCUT2D eigenvalue weighted by atomic mass is 35.5. The van der Waals surface area contributed by atoms with Crippen LogP contribution in [0.1, 0.15) is 18.1 Å². The molecule has 0 saturated carbocycles. The minimum atomic E-state index is -0.256. The molecule has 4 aliphatic rings. The lowest BCUT2D eigenvalue weighted by Crippen LogP contribution is -2.65. The lowest BCUT2D eigenvalue weighted by atomic mass is 10.0. The van der Waals surface area contributed by atoms with Crippen LogP contribution in [0.3, 0.4) is 0 Å². The number of amides is 3. The van der Waals surface area contributed by atoms with Gasteiger partial charge in [-0.1, -0.05) is 35.9 Å².